The first-order valence-corrected chi connectivity index (χ1v) is 7.09. The summed E-state index contributed by atoms with van der Waals surface area (Å²) in [5, 5.41) is 30.9. The summed E-state index contributed by atoms with van der Waals surface area (Å²) in [7, 11) is 0. The maximum absolute atomic E-state index is 10.5. The molecule has 0 saturated heterocycles. The summed E-state index contributed by atoms with van der Waals surface area (Å²) >= 11 is 0. The van der Waals surface area contributed by atoms with Crippen LogP contribution < -0.4 is 11.5 Å². The van der Waals surface area contributed by atoms with Crippen molar-refractivity contribution in [3.8, 4) is 0 Å². The third-order valence-corrected chi connectivity index (χ3v) is 2.63. The zero-order valence-corrected chi connectivity index (χ0v) is 14.2. The minimum absolute atomic E-state index is 0. The van der Waals surface area contributed by atoms with Crippen molar-refractivity contribution in [3.63, 3.8) is 0 Å². The Bertz CT molecular complexity index is 383. The van der Waals surface area contributed by atoms with E-state index in [4.69, 9.17) is 46.3 Å². The molecule has 0 radical (unpaired) electrons. The second-order valence-electron chi connectivity index (χ2n) is 5.21. The second-order valence-corrected chi connectivity index (χ2v) is 5.21. The Balaban J connectivity index is -0.0000000886. The van der Waals surface area contributed by atoms with Crippen LogP contribution in [0.15, 0.2) is 0 Å². The van der Waals surface area contributed by atoms with E-state index in [-0.39, 0.29) is 71.6 Å². The Morgan fingerprint density at radius 1 is 0.885 bits per heavy atom. The average molecular weight is 400 g/mol. The predicted octanol–water partition coefficient (Wildman–Crippen LogP) is -0.964. The van der Waals surface area contributed by atoms with Gasteiger partial charge in [-0.15, -0.1) is 0 Å². The van der Waals surface area contributed by atoms with Gasteiger partial charge in [0.1, 0.15) is 0 Å². The molecule has 0 spiro atoms. The van der Waals surface area contributed by atoms with Crippen LogP contribution in [0.5, 0.6) is 0 Å². The first-order chi connectivity index (χ1) is 10.7. The van der Waals surface area contributed by atoms with E-state index < -0.39 is 29.4 Å². The van der Waals surface area contributed by atoms with Gasteiger partial charge in [-0.25, -0.2) is 0 Å². The zero-order chi connectivity index (χ0) is 19.9. The maximum atomic E-state index is 10.5. The summed E-state index contributed by atoms with van der Waals surface area (Å²) in [5.74, 6) is -3.35. The molecule has 0 aromatic heterocycles. The van der Waals surface area contributed by atoms with E-state index in [0.717, 1.165) is 46.5 Å². The Hall–Kier alpha value is -0.200. The molecule has 1 fully saturated rings. The first kappa shape index (κ1) is 36.7. The van der Waals surface area contributed by atoms with E-state index >= 15 is 0 Å². The van der Waals surface area contributed by atoms with Crippen LogP contribution in [0.25, 0.3) is 0 Å². The molecule has 0 bridgehead atoms. The van der Waals surface area contributed by atoms with Crippen LogP contribution in [-0.2, 0) is 19.2 Å². The molecule has 1 aliphatic carbocycles. The van der Waals surface area contributed by atoms with Gasteiger partial charge in [0.05, 0.1) is 6.42 Å². The summed E-state index contributed by atoms with van der Waals surface area (Å²) in [6.45, 7) is 3.25. The van der Waals surface area contributed by atoms with Crippen LogP contribution in [-0.4, -0.2) is 115 Å². The van der Waals surface area contributed by atoms with Crippen molar-refractivity contribution in [2.75, 3.05) is 0 Å². The monoisotopic (exact) mass is 400 g/mol. The summed E-state index contributed by atoms with van der Waals surface area (Å²) in [6.07, 6.45) is 3.65. The molecule has 0 heterocycles. The second kappa shape index (κ2) is 21.1. The molecule has 26 heavy (non-hydrogen) atoms. The molecule has 10 nitrogen and oxygen atoms in total. The standard InChI is InChI=1S/C8H16N2O2.3C2H4O2.2Na.2H/c9-6-3-1-2-4-8(6,10)5-7(11)12;3*1-2(3)4;;;;/h6H,1-5,9-10H2,(H,11,12);3*1H3,(H,3,4);;;;. The van der Waals surface area contributed by atoms with Gasteiger partial charge < -0.3 is 31.9 Å². The molecule has 1 aliphatic rings. The number of hydrogen-bond donors (Lipinski definition) is 6. The van der Waals surface area contributed by atoms with Crippen molar-refractivity contribution < 1.29 is 39.6 Å². The molecular weight excluding hydrogens is 370 g/mol. The number of carboxylic acid groups (broad SMARTS) is 4. The van der Waals surface area contributed by atoms with Crippen LogP contribution in [0.4, 0.5) is 0 Å². The molecule has 2 unspecified atom stereocenters. The molecule has 1 rings (SSSR count). The van der Waals surface area contributed by atoms with Gasteiger partial charge in [0.25, 0.3) is 17.9 Å². The van der Waals surface area contributed by atoms with Gasteiger partial charge >= 0.3 is 65.1 Å². The van der Waals surface area contributed by atoms with Gasteiger partial charge in [0.15, 0.2) is 0 Å². The number of carboxylic acids is 4. The fourth-order valence-electron chi connectivity index (χ4n) is 1.79. The molecule has 146 valence electrons. The fourth-order valence-corrected chi connectivity index (χ4v) is 1.79. The van der Waals surface area contributed by atoms with E-state index in [9.17, 15) is 4.79 Å². The number of aliphatic carboxylic acids is 4. The van der Waals surface area contributed by atoms with Gasteiger partial charge in [-0.1, -0.05) is 12.8 Å². The van der Waals surface area contributed by atoms with E-state index in [1.165, 1.54) is 0 Å². The molecule has 0 aliphatic heterocycles. The molecule has 12 heteroatoms. The van der Waals surface area contributed by atoms with Crippen LogP contribution in [0.3, 0.4) is 0 Å². The predicted molar refractivity (Wildman–Crippen MR) is 99.8 cm³/mol. The number of nitrogens with two attached hydrogens (primary N) is 2. The number of carbonyl (C=O) groups is 4. The Labute approximate surface area is 197 Å². The van der Waals surface area contributed by atoms with Crippen molar-refractivity contribution in [2.45, 2.75) is 64.5 Å². The van der Waals surface area contributed by atoms with Crippen molar-refractivity contribution in [3.05, 3.63) is 0 Å². The third kappa shape index (κ3) is 35.0. The normalized spacial score (nSPS) is 19.7. The van der Waals surface area contributed by atoms with E-state index in [1.807, 2.05) is 0 Å². The molecular formula is C14H30N2Na2O8. The van der Waals surface area contributed by atoms with Gasteiger partial charge in [-0.05, 0) is 12.8 Å². The van der Waals surface area contributed by atoms with Crippen LogP contribution in [0.2, 0.25) is 0 Å². The zero-order valence-electron chi connectivity index (χ0n) is 14.2. The number of rotatable bonds is 2. The van der Waals surface area contributed by atoms with Crippen LogP contribution >= 0.6 is 0 Å². The van der Waals surface area contributed by atoms with Gasteiger partial charge in [0.2, 0.25) is 0 Å². The molecule has 0 aromatic rings. The van der Waals surface area contributed by atoms with Gasteiger partial charge in [-0.2, -0.15) is 0 Å². The van der Waals surface area contributed by atoms with Gasteiger partial charge in [-0.3, -0.25) is 19.2 Å². The Morgan fingerprint density at radius 2 is 1.19 bits per heavy atom. The van der Waals surface area contributed by atoms with Crippen molar-refractivity contribution >= 4 is 83.0 Å². The Kier molecular flexibility index (Phi) is 29.8. The third-order valence-electron chi connectivity index (χ3n) is 2.63. The summed E-state index contributed by atoms with van der Waals surface area (Å²) in [6, 6.07) is -0.151. The molecule has 8 N–H and O–H groups in total. The minimum atomic E-state index is -0.852. The van der Waals surface area contributed by atoms with Crippen LogP contribution in [0, 0.1) is 0 Å². The summed E-state index contributed by atoms with van der Waals surface area (Å²) in [5.41, 5.74) is 11.0. The number of hydrogen-bond acceptors (Lipinski definition) is 6. The van der Waals surface area contributed by atoms with Crippen molar-refractivity contribution in [1.82, 2.24) is 0 Å². The molecule has 1 saturated carbocycles. The summed E-state index contributed by atoms with van der Waals surface area (Å²) < 4.78 is 0. The molecule has 0 aromatic carbocycles. The topological polar surface area (TPSA) is 201 Å². The van der Waals surface area contributed by atoms with Crippen molar-refractivity contribution in [1.29, 1.82) is 0 Å². The van der Waals surface area contributed by atoms with E-state index in [1.54, 1.807) is 0 Å². The van der Waals surface area contributed by atoms with Gasteiger partial charge in [0, 0.05) is 32.4 Å². The Morgan fingerprint density at radius 3 is 1.42 bits per heavy atom. The average Bonchev–Trinajstić information content (AvgIpc) is 2.30. The summed E-state index contributed by atoms with van der Waals surface area (Å²) in [4.78, 5) is 37.5. The van der Waals surface area contributed by atoms with Crippen LogP contribution in [0.1, 0.15) is 52.9 Å². The molecule has 0 amide bonds. The quantitative estimate of drug-likeness (QED) is 0.313. The van der Waals surface area contributed by atoms with Crippen molar-refractivity contribution in [2.24, 2.45) is 11.5 Å². The van der Waals surface area contributed by atoms with E-state index in [2.05, 4.69) is 0 Å². The molecule has 2 atom stereocenters. The van der Waals surface area contributed by atoms with E-state index in [0.29, 0.717) is 0 Å². The fraction of sp³-hybridized carbons (Fsp3) is 0.714. The first-order valence-electron chi connectivity index (χ1n) is 7.09. The SMILES string of the molecule is CC(=O)O.CC(=O)O.CC(=O)O.NC1CCCCC1(N)CC(=O)O.[NaH].[NaH].